The summed E-state index contributed by atoms with van der Waals surface area (Å²) in [6, 6.07) is 4.83. The monoisotopic (exact) mass is 498 g/mol. The van der Waals surface area contributed by atoms with Gasteiger partial charge in [-0.05, 0) is 55.5 Å². The predicted molar refractivity (Wildman–Crippen MR) is 123 cm³/mol. The number of nitrogens with zero attached hydrogens (tertiary/aromatic N) is 3. The van der Waals surface area contributed by atoms with Gasteiger partial charge in [-0.15, -0.1) is 24.0 Å². The van der Waals surface area contributed by atoms with Gasteiger partial charge in [0.25, 0.3) is 0 Å². The zero-order chi connectivity index (χ0) is 19.1. The average Bonchev–Trinajstić information content (AvgIpc) is 3.24. The Hall–Kier alpha value is -2.10. The van der Waals surface area contributed by atoms with Crippen molar-refractivity contribution in [1.29, 1.82) is 0 Å². The van der Waals surface area contributed by atoms with Crippen molar-refractivity contribution in [2.24, 2.45) is 12.0 Å². The average molecular weight is 498 g/mol. The van der Waals surface area contributed by atoms with Crippen LogP contribution in [0.15, 0.2) is 41.8 Å². The molecule has 0 radical (unpaired) electrons. The lowest BCUT2D eigenvalue weighted by molar-refractivity contribution is 0.629. The molecule has 0 saturated carbocycles. The fourth-order valence-corrected chi connectivity index (χ4v) is 3.09. The molecule has 0 aliphatic carbocycles. The van der Waals surface area contributed by atoms with E-state index in [1.807, 2.05) is 30.3 Å². The van der Waals surface area contributed by atoms with Gasteiger partial charge >= 0.3 is 0 Å². The van der Waals surface area contributed by atoms with Crippen LogP contribution in [0.5, 0.6) is 0 Å². The number of aliphatic imine (C=N–C) groups is 1. The first-order valence-corrected chi connectivity index (χ1v) is 9.41. The van der Waals surface area contributed by atoms with Gasteiger partial charge in [-0.3, -0.25) is 9.67 Å². The molecule has 0 aliphatic heterocycles. The summed E-state index contributed by atoms with van der Waals surface area (Å²) in [7, 11) is 1.93. The van der Waals surface area contributed by atoms with Crippen LogP contribution in [0.3, 0.4) is 0 Å². The highest BCUT2D eigenvalue weighted by Gasteiger charge is 2.05. The molecule has 2 aromatic heterocycles. The maximum absolute atomic E-state index is 13.5. The first-order valence-electron chi connectivity index (χ1n) is 9.41. The summed E-state index contributed by atoms with van der Waals surface area (Å²) in [6.45, 7) is 4.35. The summed E-state index contributed by atoms with van der Waals surface area (Å²) in [5.74, 6) is 0.606. The van der Waals surface area contributed by atoms with Gasteiger partial charge in [0.2, 0.25) is 0 Å². The Kier molecular flexibility index (Phi) is 8.75. The Bertz CT molecular complexity index is 901. The minimum absolute atomic E-state index is 0. The SMILES string of the molecule is CCNC(=NCCCc1cnn(C)c1)NCCc1c[nH]c2ccc(F)cc12.I. The lowest BCUT2D eigenvalue weighted by Gasteiger charge is -2.11. The fraction of sp³-hybridized carbons (Fsp3) is 0.400. The minimum atomic E-state index is -0.208. The summed E-state index contributed by atoms with van der Waals surface area (Å²) in [5.41, 5.74) is 3.30. The predicted octanol–water partition coefficient (Wildman–Crippen LogP) is 3.39. The molecule has 0 fully saturated rings. The van der Waals surface area contributed by atoms with Crippen molar-refractivity contribution in [3.8, 4) is 0 Å². The summed E-state index contributed by atoms with van der Waals surface area (Å²) in [4.78, 5) is 7.82. The summed E-state index contributed by atoms with van der Waals surface area (Å²) in [5, 5.41) is 11.7. The van der Waals surface area contributed by atoms with E-state index in [-0.39, 0.29) is 29.8 Å². The van der Waals surface area contributed by atoms with Crippen LogP contribution < -0.4 is 10.6 Å². The largest absolute Gasteiger partial charge is 0.361 e. The van der Waals surface area contributed by atoms with Crippen LogP contribution in [-0.2, 0) is 19.9 Å². The Morgan fingerprint density at radius 3 is 2.89 bits per heavy atom. The molecule has 6 nitrogen and oxygen atoms in total. The maximum atomic E-state index is 13.5. The first kappa shape index (κ1) is 22.2. The molecule has 0 saturated heterocycles. The molecule has 152 valence electrons. The number of guanidine groups is 1. The van der Waals surface area contributed by atoms with Gasteiger partial charge in [0.15, 0.2) is 5.96 Å². The second-order valence-corrected chi connectivity index (χ2v) is 6.57. The van der Waals surface area contributed by atoms with E-state index in [9.17, 15) is 4.39 Å². The molecule has 3 rings (SSSR count). The molecular weight excluding hydrogens is 470 g/mol. The third-order valence-electron chi connectivity index (χ3n) is 4.41. The van der Waals surface area contributed by atoms with Crippen LogP contribution in [0.25, 0.3) is 10.9 Å². The smallest absolute Gasteiger partial charge is 0.191 e. The number of H-pyrrole nitrogens is 1. The van der Waals surface area contributed by atoms with Crippen molar-refractivity contribution < 1.29 is 4.39 Å². The lowest BCUT2D eigenvalue weighted by Crippen LogP contribution is -2.38. The molecular formula is C20H28FIN6. The topological polar surface area (TPSA) is 70.0 Å². The van der Waals surface area contributed by atoms with E-state index >= 15 is 0 Å². The number of fused-ring (bicyclic) bond motifs is 1. The highest BCUT2D eigenvalue weighted by Crippen LogP contribution is 2.19. The van der Waals surface area contributed by atoms with Gasteiger partial charge in [0.1, 0.15) is 5.82 Å². The molecule has 28 heavy (non-hydrogen) atoms. The van der Waals surface area contributed by atoms with E-state index in [4.69, 9.17) is 0 Å². The molecule has 0 atom stereocenters. The number of aryl methyl sites for hydroxylation is 2. The van der Waals surface area contributed by atoms with Crippen molar-refractivity contribution in [2.75, 3.05) is 19.6 Å². The number of benzene rings is 1. The number of halogens is 2. The highest BCUT2D eigenvalue weighted by molar-refractivity contribution is 14.0. The molecule has 0 aliphatic rings. The number of hydrogen-bond donors (Lipinski definition) is 3. The number of nitrogens with one attached hydrogen (secondary N) is 3. The van der Waals surface area contributed by atoms with E-state index in [2.05, 4.69) is 32.6 Å². The number of hydrogen-bond acceptors (Lipinski definition) is 2. The molecule has 3 aromatic rings. The second-order valence-electron chi connectivity index (χ2n) is 6.57. The second kappa shape index (κ2) is 11.0. The number of rotatable bonds is 8. The summed E-state index contributed by atoms with van der Waals surface area (Å²) >= 11 is 0. The van der Waals surface area contributed by atoms with Crippen LogP contribution in [-0.4, -0.2) is 40.4 Å². The van der Waals surface area contributed by atoms with Gasteiger partial charge in [-0.1, -0.05) is 0 Å². The molecule has 0 bridgehead atoms. The van der Waals surface area contributed by atoms with Crippen molar-refractivity contribution >= 4 is 40.8 Å². The number of aromatic amines is 1. The Morgan fingerprint density at radius 2 is 2.14 bits per heavy atom. The molecule has 0 unspecified atom stereocenters. The third kappa shape index (κ3) is 6.22. The quantitative estimate of drug-likeness (QED) is 0.193. The van der Waals surface area contributed by atoms with E-state index in [1.165, 1.54) is 11.6 Å². The Labute approximate surface area is 182 Å². The summed E-state index contributed by atoms with van der Waals surface area (Å²) < 4.78 is 15.3. The van der Waals surface area contributed by atoms with Crippen molar-refractivity contribution in [2.45, 2.75) is 26.2 Å². The fourth-order valence-electron chi connectivity index (χ4n) is 3.09. The zero-order valence-corrected chi connectivity index (χ0v) is 18.7. The molecule has 0 spiro atoms. The molecule has 3 N–H and O–H groups in total. The van der Waals surface area contributed by atoms with Crippen LogP contribution in [0.1, 0.15) is 24.5 Å². The van der Waals surface area contributed by atoms with E-state index in [0.717, 1.165) is 61.3 Å². The van der Waals surface area contributed by atoms with Gasteiger partial charge in [-0.2, -0.15) is 5.10 Å². The van der Waals surface area contributed by atoms with Crippen LogP contribution >= 0.6 is 24.0 Å². The van der Waals surface area contributed by atoms with Gasteiger partial charge < -0.3 is 15.6 Å². The van der Waals surface area contributed by atoms with E-state index in [0.29, 0.717) is 0 Å². The third-order valence-corrected chi connectivity index (χ3v) is 4.41. The lowest BCUT2D eigenvalue weighted by atomic mass is 10.1. The van der Waals surface area contributed by atoms with Gasteiger partial charge in [0, 0.05) is 50.0 Å². The molecule has 2 heterocycles. The van der Waals surface area contributed by atoms with E-state index in [1.54, 1.807) is 12.1 Å². The summed E-state index contributed by atoms with van der Waals surface area (Å²) in [6.07, 6.45) is 8.63. The molecule has 0 amide bonds. The highest BCUT2D eigenvalue weighted by atomic mass is 127. The standard InChI is InChI=1S/C20H27FN6.HI/c1-3-22-20(23-9-4-5-15-12-26-27(2)14-15)24-10-8-16-13-25-19-7-6-17(21)11-18(16)19;/h6-7,11-14,25H,3-5,8-10H2,1-2H3,(H2,22,23,24);1H. The Morgan fingerprint density at radius 1 is 1.29 bits per heavy atom. The van der Waals surface area contributed by atoms with Crippen molar-refractivity contribution in [3.63, 3.8) is 0 Å². The van der Waals surface area contributed by atoms with Crippen molar-refractivity contribution in [1.82, 2.24) is 25.4 Å². The van der Waals surface area contributed by atoms with E-state index < -0.39 is 0 Å². The normalized spacial score (nSPS) is 11.5. The van der Waals surface area contributed by atoms with Crippen molar-refractivity contribution in [3.05, 3.63) is 53.7 Å². The van der Waals surface area contributed by atoms with Crippen LogP contribution in [0.2, 0.25) is 0 Å². The molecule has 8 heteroatoms. The Balaban J connectivity index is 0.00000280. The minimum Gasteiger partial charge on any atom is -0.361 e. The van der Waals surface area contributed by atoms with Gasteiger partial charge in [-0.25, -0.2) is 4.39 Å². The van der Waals surface area contributed by atoms with Crippen LogP contribution in [0, 0.1) is 5.82 Å². The maximum Gasteiger partial charge on any atom is 0.191 e. The number of aromatic nitrogens is 3. The first-order chi connectivity index (χ1) is 13.2. The van der Waals surface area contributed by atoms with Crippen LogP contribution in [0.4, 0.5) is 4.39 Å². The molecule has 1 aromatic carbocycles. The zero-order valence-electron chi connectivity index (χ0n) is 16.3. The van der Waals surface area contributed by atoms with Gasteiger partial charge in [0.05, 0.1) is 6.20 Å².